The fraction of sp³-hybridized carbons (Fsp3) is 0.769. The Morgan fingerprint density at radius 1 is 0.500 bits per heavy atom. The number of hydrogen-bond acceptors (Lipinski definition) is 1. The molecule has 0 aliphatic rings. The van der Waals surface area contributed by atoms with Crippen LogP contribution in [0, 0.1) is 13.8 Å². The van der Waals surface area contributed by atoms with Gasteiger partial charge in [0.05, 0.1) is 0 Å². The Hall–Kier alpha value is 0.180. The van der Waals surface area contributed by atoms with Gasteiger partial charge in [0.15, 0.2) is 0 Å². The van der Waals surface area contributed by atoms with Crippen molar-refractivity contribution >= 4 is 29.6 Å². The fourth-order valence-corrected chi connectivity index (χ4v) is 4.13. The van der Waals surface area contributed by atoms with Gasteiger partial charge in [0.1, 0.15) is 0 Å². The predicted molar refractivity (Wildman–Crippen MR) is 126 cm³/mol. The molecule has 157 valence electrons. The molecule has 28 heavy (non-hydrogen) atoms. The zero-order valence-corrected chi connectivity index (χ0v) is 21.4. The smallest absolute Gasteiger partial charge is 0.0431 e. The molecule has 0 amide bonds. The fourth-order valence-electron chi connectivity index (χ4n) is 4.13. The van der Waals surface area contributed by atoms with Gasteiger partial charge < -0.3 is 5.11 Å². The van der Waals surface area contributed by atoms with E-state index in [4.69, 9.17) is 5.11 Å². The van der Waals surface area contributed by atoms with Crippen LogP contribution >= 0.6 is 0 Å². The number of aliphatic hydroxyl groups is 1. The van der Waals surface area contributed by atoms with Crippen LogP contribution in [0.2, 0.25) is 0 Å². The maximum Gasteiger partial charge on any atom is 0.0431 e. The molecule has 0 fully saturated rings. The van der Waals surface area contributed by atoms with E-state index in [0.29, 0.717) is 6.61 Å². The molecule has 0 unspecified atom stereocenters. The zero-order valence-electron chi connectivity index (χ0n) is 19.4. The van der Waals surface area contributed by atoms with E-state index in [0.717, 1.165) is 6.42 Å². The normalized spacial score (nSPS) is 10.8. The second-order valence-corrected chi connectivity index (χ2v) is 8.63. The maximum absolute atomic E-state index is 8.74. The molecule has 1 nitrogen and oxygen atoms in total. The van der Waals surface area contributed by atoms with Crippen LogP contribution in [-0.4, -0.2) is 41.3 Å². The summed E-state index contributed by atoms with van der Waals surface area (Å²) in [6.45, 7) is 4.78. The molecule has 0 aromatic heterocycles. The Labute approximate surface area is 198 Å². The van der Waals surface area contributed by atoms with E-state index in [1.807, 2.05) is 0 Å². The third-order valence-electron chi connectivity index (χ3n) is 5.66. The molecule has 1 aromatic carbocycles. The molecule has 0 aliphatic heterocycles. The Morgan fingerprint density at radius 3 is 1.18 bits per heavy atom. The number of rotatable bonds is 18. The number of benzene rings is 1. The maximum atomic E-state index is 8.74. The average Bonchev–Trinajstić information content (AvgIpc) is 2.63. The van der Waals surface area contributed by atoms with Crippen molar-refractivity contribution in [2.45, 2.75) is 123 Å². The second-order valence-electron chi connectivity index (χ2n) is 8.63. The van der Waals surface area contributed by atoms with Crippen LogP contribution < -0.4 is 0 Å². The summed E-state index contributed by atoms with van der Waals surface area (Å²) in [4.78, 5) is 0. The molecule has 0 heterocycles. The Bertz CT molecular complexity index is 437. The molecular formula is C26H46NaO. The molecule has 0 aliphatic carbocycles. The summed E-state index contributed by atoms with van der Waals surface area (Å²) in [6.07, 6.45) is 23.2. The van der Waals surface area contributed by atoms with E-state index in [-0.39, 0.29) is 29.6 Å². The van der Waals surface area contributed by atoms with Crippen molar-refractivity contribution in [1.29, 1.82) is 0 Å². The van der Waals surface area contributed by atoms with Gasteiger partial charge in [-0.2, -0.15) is 0 Å². The topological polar surface area (TPSA) is 20.2 Å². The molecule has 1 aromatic rings. The Kier molecular flexibility index (Phi) is 20.6. The van der Waals surface area contributed by atoms with Crippen LogP contribution in [0.3, 0.4) is 0 Å². The van der Waals surface area contributed by atoms with E-state index in [1.54, 1.807) is 0 Å². The van der Waals surface area contributed by atoms with Gasteiger partial charge in [-0.1, -0.05) is 119 Å². The zero-order chi connectivity index (χ0) is 19.6. The molecule has 0 saturated carbocycles. The van der Waals surface area contributed by atoms with Crippen LogP contribution in [-0.2, 0) is 6.42 Å². The van der Waals surface area contributed by atoms with Crippen LogP contribution in [0.25, 0.3) is 0 Å². The van der Waals surface area contributed by atoms with Crippen molar-refractivity contribution in [3.63, 3.8) is 0 Å². The van der Waals surface area contributed by atoms with E-state index >= 15 is 0 Å². The standard InChI is InChI=1S/C26H46O.Na/c1-24-21-25(2)23-26(22-24)19-17-15-13-11-9-7-5-3-4-6-8-10-12-14-16-18-20-27;/h21-23,27H,3-20H2,1-2H3;. The third kappa shape index (κ3) is 17.1. The summed E-state index contributed by atoms with van der Waals surface area (Å²) >= 11 is 0. The SMILES string of the molecule is Cc1cc(C)cc(CCCCCCCCCCCCCCCCCCO)c1.[Na]. The van der Waals surface area contributed by atoms with Crippen molar-refractivity contribution in [2.24, 2.45) is 0 Å². The summed E-state index contributed by atoms with van der Waals surface area (Å²) in [5.74, 6) is 0. The van der Waals surface area contributed by atoms with Crippen LogP contribution in [0.1, 0.15) is 119 Å². The molecular weight excluding hydrogens is 351 g/mol. The van der Waals surface area contributed by atoms with Crippen molar-refractivity contribution < 1.29 is 5.11 Å². The monoisotopic (exact) mass is 397 g/mol. The number of aryl methyl sites for hydroxylation is 3. The quantitative estimate of drug-likeness (QED) is 0.199. The number of hydrogen-bond donors (Lipinski definition) is 1. The van der Waals surface area contributed by atoms with Crippen LogP contribution in [0.4, 0.5) is 0 Å². The minimum atomic E-state index is 0. The van der Waals surface area contributed by atoms with Gasteiger partial charge in [-0.25, -0.2) is 0 Å². The first kappa shape index (κ1) is 28.2. The molecule has 1 N–H and O–H groups in total. The summed E-state index contributed by atoms with van der Waals surface area (Å²) in [5, 5.41) is 8.74. The largest absolute Gasteiger partial charge is 0.396 e. The second kappa shape index (κ2) is 20.5. The summed E-state index contributed by atoms with van der Waals surface area (Å²) in [6, 6.07) is 6.97. The Balaban J connectivity index is 0.00000729. The van der Waals surface area contributed by atoms with E-state index in [9.17, 15) is 0 Å². The van der Waals surface area contributed by atoms with Gasteiger partial charge in [0, 0.05) is 36.2 Å². The van der Waals surface area contributed by atoms with Gasteiger partial charge in [0.2, 0.25) is 0 Å². The van der Waals surface area contributed by atoms with Crippen molar-refractivity contribution in [3.8, 4) is 0 Å². The molecule has 0 spiro atoms. The van der Waals surface area contributed by atoms with Crippen LogP contribution in [0.5, 0.6) is 0 Å². The average molecular weight is 398 g/mol. The molecule has 1 rings (SSSR count). The van der Waals surface area contributed by atoms with Gasteiger partial charge >= 0.3 is 0 Å². The van der Waals surface area contributed by atoms with Gasteiger partial charge in [-0.05, 0) is 38.7 Å². The minimum absolute atomic E-state index is 0. The first-order chi connectivity index (χ1) is 13.2. The van der Waals surface area contributed by atoms with Crippen molar-refractivity contribution in [2.75, 3.05) is 6.61 Å². The van der Waals surface area contributed by atoms with Crippen molar-refractivity contribution in [1.82, 2.24) is 0 Å². The van der Waals surface area contributed by atoms with E-state index < -0.39 is 0 Å². The summed E-state index contributed by atoms with van der Waals surface area (Å²) in [5.41, 5.74) is 4.34. The van der Waals surface area contributed by atoms with E-state index in [2.05, 4.69) is 32.0 Å². The summed E-state index contributed by atoms with van der Waals surface area (Å²) in [7, 11) is 0. The van der Waals surface area contributed by atoms with Gasteiger partial charge in [-0.3, -0.25) is 0 Å². The third-order valence-corrected chi connectivity index (χ3v) is 5.66. The first-order valence-electron chi connectivity index (χ1n) is 11.9. The minimum Gasteiger partial charge on any atom is -0.396 e. The molecule has 0 saturated heterocycles. The van der Waals surface area contributed by atoms with E-state index in [1.165, 1.54) is 119 Å². The number of aliphatic hydroxyl groups excluding tert-OH is 1. The molecule has 0 bridgehead atoms. The Morgan fingerprint density at radius 2 is 0.821 bits per heavy atom. The molecule has 0 atom stereocenters. The van der Waals surface area contributed by atoms with Crippen molar-refractivity contribution in [3.05, 3.63) is 34.9 Å². The molecule has 2 heteroatoms. The summed E-state index contributed by atoms with van der Waals surface area (Å²) < 4.78 is 0. The number of unbranched alkanes of at least 4 members (excludes halogenated alkanes) is 15. The van der Waals surface area contributed by atoms with Gasteiger partial charge in [0.25, 0.3) is 0 Å². The van der Waals surface area contributed by atoms with Gasteiger partial charge in [-0.15, -0.1) is 0 Å². The first-order valence-corrected chi connectivity index (χ1v) is 11.9. The molecule has 1 radical (unpaired) electrons. The predicted octanol–water partition coefficient (Wildman–Crippen LogP) is 7.70. The van der Waals surface area contributed by atoms with Crippen LogP contribution in [0.15, 0.2) is 18.2 Å².